The summed E-state index contributed by atoms with van der Waals surface area (Å²) in [5, 5.41) is 2.57. The summed E-state index contributed by atoms with van der Waals surface area (Å²) in [5.41, 5.74) is -0.760. The molecule has 0 radical (unpaired) electrons. The molecule has 2 heterocycles. The number of likely N-dealkylation sites (tertiary alicyclic amines) is 1. The van der Waals surface area contributed by atoms with E-state index in [0.29, 0.717) is 12.8 Å². The minimum atomic E-state index is -1.63. The van der Waals surface area contributed by atoms with Crippen LogP contribution in [0.4, 0.5) is 23.2 Å². The fraction of sp³-hybridized carbons (Fsp3) is 0.615. The molecule has 112 valence electrons. The highest BCUT2D eigenvalue weighted by atomic mass is 19.2. The van der Waals surface area contributed by atoms with E-state index >= 15 is 0 Å². The Morgan fingerprint density at radius 1 is 1.10 bits per heavy atom. The van der Waals surface area contributed by atoms with Crippen molar-refractivity contribution in [3.63, 3.8) is 0 Å². The van der Waals surface area contributed by atoms with Crippen LogP contribution in [0.3, 0.4) is 0 Å². The number of aromatic nitrogens is 1. The summed E-state index contributed by atoms with van der Waals surface area (Å²) in [5.74, 6) is -6.20. The van der Waals surface area contributed by atoms with Crippen LogP contribution in [0.25, 0.3) is 0 Å². The van der Waals surface area contributed by atoms with E-state index < -0.39 is 29.2 Å². The predicted molar refractivity (Wildman–Crippen MR) is 67.4 cm³/mol. The summed E-state index contributed by atoms with van der Waals surface area (Å²) in [6, 6.07) is -0.201. The van der Waals surface area contributed by atoms with E-state index in [4.69, 9.17) is 0 Å². The van der Waals surface area contributed by atoms with Crippen molar-refractivity contribution in [2.45, 2.75) is 32.2 Å². The average Bonchev–Trinajstić information content (AvgIpc) is 2.43. The van der Waals surface area contributed by atoms with Crippen LogP contribution in [0.5, 0.6) is 0 Å². The molecule has 20 heavy (non-hydrogen) atoms. The van der Waals surface area contributed by atoms with Crippen molar-refractivity contribution in [2.24, 2.45) is 0 Å². The van der Waals surface area contributed by atoms with Crippen molar-refractivity contribution < 1.29 is 17.6 Å². The van der Waals surface area contributed by atoms with Crippen LogP contribution in [0, 0.1) is 23.5 Å². The van der Waals surface area contributed by atoms with Gasteiger partial charge in [-0.15, -0.1) is 0 Å². The molecule has 0 aromatic carbocycles. The van der Waals surface area contributed by atoms with Crippen LogP contribution in [0.2, 0.25) is 0 Å². The molecule has 1 aromatic rings. The molecule has 3 nitrogen and oxygen atoms in total. The normalized spacial score (nSPS) is 17.4. The zero-order chi connectivity index (χ0) is 14.7. The number of piperidine rings is 1. The average molecular weight is 291 g/mol. The molecule has 0 amide bonds. The van der Waals surface area contributed by atoms with Gasteiger partial charge in [0, 0.05) is 19.1 Å². The molecule has 0 spiro atoms. The number of rotatable bonds is 4. The van der Waals surface area contributed by atoms with Gasteiger partial charge in [-0.2, -0.15) is 22.5 Å². The van der Waals surface area contributed by atoms with Gasteiger partial charge < -0.3 is 10.2 Å². The van der Waals surface area contributed by atoms with Gasteiger partial charge in [-0.3, -0.25) is 0 Å². The summed E-state index contributed by atoms with van der Waals surface area (Å²) in [6.45, 7) is 4.65. The summed E-state index contributed by atoms with van der Waals surface area (Å²) in [7, 11) is 0. The van der Waals surface area contributed by atoms with E-state index in [1.165, 1.54) is 0 Å². The van der Waals surface area contributed by atoms with Gasteiger partial charge in [-0.25, -0.2) is 0 Å². The molecular weight excluding hydrogens is 274 g/mol. The van der Waals surface area contributed by atoms with Gasteiger partial charge in [0.2, 0.25) is 11.6 Å². The molecule has 0 bridgehead atoms. The third-order valence-electron chi connectivity index (χ3n) is 3.47. The lowest BCUT2D eigenvalue weighted by Gasteiger charge is -2.32. The highest BCUT2D eigenvalue weighted by molar-refractivity contribution is 5.46. The Hall–Kier alpha value is -1.37. The molecular formula is C13H17F4N3. The van der Waals surface area contributed by atoms with Gasteiger partial charge in [-0.1, -0.05) is 6.92 Å². The van der Waals surface area contributed by atoms with Crippen LogP contribution >= 0.6 is 0 Å². The van der Waals surface area contributed by atoms with Gasteiger partial charge in [-0.05, 0) is 25.8 Å². The van der Waals surface area contributed by atoms with E-state index in [-0.39, 0.29) is 6.04 Å². The molecule has 2 rings (SSSR count). The van der Waals surface area contributed by atoms with Gasteiger partial charge in [0.05, 0.1) is 0 Å². The zero-order valence-electron chi connectivity index (χ0n) is 11.2. The molecule has 1 aliphatic rings. The first-order valence-corrected chi connectivity index (χ1v) is 6.71. The third kappa shape index (κ3) is 3.20. The summed E-state index contributed by atoms with van der Waals surface area (Å²) >= 11 is 0. The summed E-state index contributed by atoms with van der Waals surface area (Å²) in [6.07, 6.45) is 2.39. The maximum Gasteiger partial charge on any atom is 0.253 e. The van der Waals surface area contributed by atoms with Crippen molar-refractivity contribution in [3.05, 3.63) is 23.5 Å². The van der Waals surface area contributed by atoms with Crippen molar-refractivity contribution >= 4 is 5.69 Å². The molecule has 0 aliphatic carbocycles. The maximum atomic E-state index is 13.5. The summed E-state index contributed by atoms with van der Waals surface area (Å²) < 4.78 is 52.9. The summed E-state index contributed by atoms with van der Waals surface area (Å²) in [4.78, 5) is 4.78. The fourth-order valence-electron chi connectivity index (χ4n) is 2.43. The number of halogens is 4. The lowest BCUT2D eigenvalue weighted by molar-refractivity contribution is 0.219. The van der Waals surface area contributed by atoms with Gasteiger partial charge in [0.1, 0.15) is 5.69 Å². The second-order valence-corrected chi connectivity index (χ2v) is 4.96. The van der Waals surface area contributed by atoms with E-state index in [1.807, 2.05) is 0 Å². The van der Waals surface area contributed by atoms with E-state index in [1.54, 1.807) is 0 Å². The second-order valence-electron chi connectivity index (χ2n) is 4.96. The highest BCUT2D eigenvalue weighted by Crippen LogP contribution is 2.25. The Balaban J connectivity index is 2.05. The number of hydrogen-bond donors (Lipinski definition) is 1. The van der Waals surface area contributed by atoms with Crippen LogP contribution < -0.4 is 5.32 Å². The Morgan fingerprint density at radius 3 is 2.15 bits per heavy atom. The predicted octanol–water partition coefficient (Wildman–Crippen LogP) is 2.92. The molecule has 7 heteroatoms. The molecule has 1 aliphatic heterocycles. The number of nitrogens with one attached hydrogen (secondary N) is 1. The quantitative estimate of drug-likeness (QED) is 0.683. The SMILES string of the molecule is CCCN1CCC(Nc2c(F)c(F)nc(F)c2F)CC1. The molecule has 1 fully saturated rings. The van der Waals surface area contributed by atoms with Crippen LogP contribution in [0.1, 0.15) is 26.2 Å². The van der Waals surface area contributed by atoms with Crippen molar-refractivity contribution in [3.8, 4) is 0 Å². The Bertz CT molecular complexity index is 447. The van der Waals surface area contributed by atoms with Gasteiger partial charge >= 0.3 is 0 Å². The first kappa shape index (κ1) is 15.0. The Kier molecular flexibility index (Phi) is 4.80. The monoisotopic (exact) mass is 291 g/mol. The van der Waals surface area contributed by atoms with Crippen molar-refractivity contribution in [1.29, 1.82) is 0 Å². The number of nitrogens with zero attached hydrogens (tertiary/aromatic N) is 2. The highest BCUT2D eigenvalue weighted by Gasteiger charge is 2.25. The number of pyridine rings is 1. The largest absolute Gasteiger partial charge is 0.377 e. The minimum Gasteiger partial charge on any atom is -0.377 e. The molecule has 1 saturated heterocycles. The molecule has 0 atom stereocenters. The van der Waals surface area contributed by atoms with E-state index in [9.17, 15) is 17.6 Å². The Labute approximate surface area is 115 Å². The maximum absolute atomic E-state index is 13.5. The lowest BCUT2D eigenvalue weighted by atomic mass is 10.0. The molecule has 1 aromatic heterocycles. The van der Waals surface area contributed by atoms with Crippen LogP contribution in [-0.4, -0.2) is 35.6 Å². The standard InChI is InChI=1S/C13H17F4N3/c1-2-5-20-6-3-8(4-7-20)18-11-9(14)12(16)19-13(17)10(11)15/h8H,2-7H2,1H3,(H,18,19). The smallest absolute Gasteiger partial charge is 0.253 e. The van der Waals surface area contributed by atoms with Crippen molar-refractivity contribution in [1.82, 2.24) is 9.88 Å². The van der Waals surface area contributed by atoms with Crippen LogP contribution in [0.15, 0.2) is 0 Å². The second kappa shape index (κ2) is 6.39. The van der Waals surface area contributed by atoms with Crippen LogP contribution in [-0.2, 0) is 0 Å². The fourth-order valence-corrected chi connectivity index (χ4v) is 2.43. The topological polar surface area (TPSA) is 28.2 Å². The van der Waals surface area contributed by atoms with Gasteiger partial charge in [0.25, 0.3) is 11.9 Å². The first-order chi connectivity index (χ1) is 9.52. The minimum absolute atomic E-state index is 0.201. The van der Waals surface area contributed by atoms with Crippen molar-refractivity contribution in [2.75, 3.05) is 25.0 Å². The molecule has 1 N–H and O–H groups in total. The zero-order valence-corrected chi connectivity index (χ0v) is 11.2. The third-order valence-corrected chi connectivity index (χ3v) is 3.47. The van der Waals surface area contributed by atoms with E-state index in [2.05, 4.69) is 22.1 Å². The first-order valence-electron chi connectivity index (χ1n) is 6.71. The van der Waals surface area contributed by atoms with Gasteiger partial charge in [0.15, 0.2) is 0 Å². The molecule has 0 unspecified atom stereocenters. The number of anilines is 1. The van der Waals surface area contributed by atoms with E-state index in [0.717, 1.165) is 26.1 Å². The number of hydrogen-bond acceptors (Lipinski definition) is 3. The lowest BCUT2D eigenvalue weighted by Crippen LogP contribution is -2.39. The Morgan fingerprint density at radius 2 is 1.65 bits per heavy atom. The molecule has 0 saturated carbocycles.